The number of hydrogen-bond donors (Lipinski definition) is 2. The van der Waals surface area contributed by atoms with Gasteiger partial charge in [-0.05, 0) is 94.8 Å². The van der Waals surface area contributed by atoms with E-state index in [-0.39, 0.29) is 24.7 Å². The summed E-state index contributed by atoms with van der Waals surface area (Å²) in [5, 5.41) is 0. The van der Waals surface area contributed by atoms with Gasteiger partial charge in [0.25, 0.3) is 5.56 Å². The van der Waals surface area contributed by atoms with Gasteiger partial charge in [0.05, 0.1) is 5.69 Å². The van der Waals surface area contributed by atoms with E-state index in [0.717, 1.165) is 11.3 Å². The summed E-state index contributed by atoms with van der Waals surface area (Å²) in [6.07, 6.45) is 10.3. The van der Waals surface area contributed by atoms with Crippen molar-refractivity contribution in [1.82, 2.24) is 14.4 Å². The minimum absolute atomic E-state index is 0. The number of hydrogen-bond acceptors (Lipinski definition) is 6. The number of fused-ring (bicyclic) bond motifs is 1. The summed E-state index contributed by atoms with van der Waals surface area (Å²) in [6, 6.07) is 8.92. The fraction of sp³-hybridized carbons (Fsp3) is 0.143. The Labute approximate surface area is 225 Å². The van der Waals surface area contributed by atoms with Crippen molar-refractivity contribution in [1.29, 1.82) is 5.53 Å². The molecule has 0 unspecified atom stereocenters. The Morgan fingerprint density at radius 1 is 1.08 bits per heavy atom. The molecule has 0 radical (unpaired) electrons. The van der Waals surface area contributed by atoms with Gasteiger partial charge in [-0.25, -0.2) is 4.98 Å². The van der Waals surface area contributed by atoms with Crippen molar-refractivity contribution >= 4 is 5.65 Å². The normalized spacial score (nSPS) is 6.63. The SMILES string of the molecule is C.C.C#CC#CC#CC#CC#CC#CC.O=O.O=c1cc(OCc2cn3ccccc3n2)cc[nH]1.[HH].[HH].[HH].[N-]=[N+]=N. The first-order valence-electron chi connectivity index (χ1n) is 9.43. The van der Waals surface area contributed by atoms with Crippen molar-refractivity contribution in [2.75, 3.05) is 0 Å². The number of H-pyrrole nitrogens is 1. The summed E-state index contributed by atoms with van der Waals surface area (Å²) >= 11 is 0. The van der Waals surface area contributed by atoms with Gasteiger partial charge in [-0.3, -0.25) is 4.79 Å². The number of ether oxygens (including phenoxy) is 1. The van der Waals surface area contributed by atoms with Crippen LogP contribution in [-0.4, -0.2) is 14.4 Å². The average Bonchev–Trinajstić information content (AvgIpc) is 3.32. The number of pyridine rings is 2. The van der Waals surface area contributed by atoms with Crippen LogP contribution >= 0.6 is 0 Å². The van der Waals surface area contributed by atoms with Crippen LogP contribution in [0.5, 0.6) is 5.75 Å². The fourth-order valence-corrected chi connectivity index (χ4v) is 2.05. The molecule has 196 valence electrons. The summed E-state index contributed by atoms with van der Waals surface area (Å²) < 4.78 is 7.43. The Kier molecular flexibility index (Phi) is 24.2. The summed E-state index contributed by atoms with van der Waals surface area (Å²) in [7, 11) is 0. The molecule has 3 heterocycles. The van der Waals surface area contributed by atoms with Gasteiger partial charge < -0.3 is 14.1 Å². The smallest absolute Gasteiger partial charge is 0.251 e. The first kappa shape index (κ1) is 36.3. The predicted octanol–water partition coefficient (Wildman–Crippen LogP) is 5.21. The van der Waals surface area contributed by atoms with E-state index in [9.17, 15) is 4.79 Å². The number of rotatable bonds is 3. The predicted molar refractivity (Wildman–Crippen MR) is 156 cm³/mol. The molecule has 0 fully saturated rings. The molecule has 0 spiro atoms. The van der Waals surface area contributed by atoms with E-state index in [4.69, 9.17) is 32.2 Å². The van der Waals surface area contributed by atoms with Gasteiger partial charge in [-0.1, -0.05) is 26.8 Å². The zero-order valence-electron chi connectivity index (χ0n) is 18.8. The third-order valence-corrected chi connectivity index (χ3v) is 3.24. The number of aromatic nitrogens is 3. The molecular weight excluding hydrogens is 484 g/mol. The highest BCUT2D eigenvalue weighted by atomic mass is 16.7. The molecule has 0 aliphatic rings. The van der Waals surface area contributed by atoms with E-state index in [1.54, 1.807) is 24.1 Å². The van der Waals surface area contributed by atoms with Crippen LogP contribution in [0.15, 0.2) is 53.7 Å². The lowest BCUT2D eigenvalue weighted by atomic mass is 10.4. The van der Waals surface area contributed by atoms with Gasteiger partial charge in [0, 0.05) is 38.9 Å². The Hall–Kier alpha value is -6.29. The second kappa shape index (κ2) is 25.3. The van der Waals surface area contributed by atoms with Crippen LogP contribution in [0.4, 0.5) is 0 Å². The molecule has 10 nitrogen and oxygen atoms in total. The maximum Gasteiger partial charge on any atom is 0.251 e. The lowest BCUT2D eigenvalue weighted by molar-refractivity contribution is 0.301. The maximum absolute atomic E-state index is 11.1. The van der Waals surface area contributed by atoms with Gasteiger partial charge in [0.1, 0.15) is 18.0 Å². The lowest BCUT2D eigenvalue weighted by Crippen LogP contribution is -2.04. The molecule has 0 aromatic carbocycles. The minimum Gasteiger partial charge on any atom is -0.487 e. The average molecular weight is 515 g/mol. The van der Waals surface area contributed by atoms with Crippen LogP contribution in [0.3, 0.4) is 0 Å². The Balaban J connectivity index is -0.000000120. The van der Waals surface area contributed by atoms with Gasteiger partial charge >= 0.3 is 0 Å². The third kappa shape index (κ3) is 17.2. The van der Waals surface area contributed by atoms with Gasteiger partial charge in [-0.15, -0.1) is 12.0 Å². The van der Waals surface area contributed by atoms with Gasteiger partial charge in [0.15, 0.2) is 0 Å². The second-order valence-corrected chi connectivity index (χ2v) is 5.49. The standard InChI is InChI=1S/C13H11N3O2.C13H4.2CH4.HN3.O2.3H2/c17-13-7-11(4-5-14-13)18-9-10-8-16-6-2-1-3-12(16)15-10;1-3-5-7-9-11-13-12-10-8-6-4-2;;;1-3-2;1-2;;;/h1-8H,9H2,(H,14,17);1H,2H3;2*1H4;1H;;3*1H. The van der Waals surface area contributed by atoms with Crippen LogP contribution in [0.25, 0.3) is 16.1 Å². The first-order valence-corrected chi connectivity index (χ1v) is 9.43. The van der Waals surface area contributed by atoms with Crippen LogP contribution in [0, 0.1) is 87.0 Å². The lowest BCUT2D eigenvalue weighted by Gasteiger charge is -2.02. The summed E-state index contributed by atoms with van der Waals surface area (Å²) in [4.78, 5) is 33.8. The van der Waals surface area contributed by atoms with Crippen LogP contribution < -0.4 is 10.3 Å². The largest absolute Gasteiger partial charge is 0.487 e. The molecule has 2 N–H and O–H groups in total. The number of imidazole rings is 1. The molecule has 0 amide bonds. The van der Waals surface area contributed by atoms with Gasteiger partial charge in [-0.2, -0.15) is 0 Å². The Morgan fingerprint density at radius 2 is 1.66 bits per heavy atom. The highest BCUT2D eigenvalue weighted by molar-refractivity contribution is 5.43. The summed E-state index contributed by atoms with van der Waals surface area (Å²) in [5.41, 5.74) is 13.8. The Morgan fingerprint density at radius 3 is 2.18 bits per heavy atom. The van der Waals surface area contributed by atoms with E-state index in [2.05, 4.69) is 75.1 Å². The van der Waals surface area contributed by atoms with Crippen molar-refractivity contribution < 1.29 is 9.02 Å². The Bertz CT molecular complexity index is 1570. The maximum atomic E-state index is 11.1. The second-order valence-electron chi connectivity index (χ2n) is 5.49. The quantitative estimate of drug-likeness (QED) is 0.212. The molecule has 0 aliphatic carbocycles. The van der Waals surface area contributed by atoms with Gasteiger partial charge in [0.2, 0.25) is 0 Å². The van der Waals surface area contributed by atoms with Crippen LogP contribution in [-0.2, 0) is 6.61 Å². The van der Waals surface area contributed by atoms with E-state index in [1.165, 1.54) is 6.07 Å². The number of nitrogens with zero attached hydrogens (tertiary/aromatic N) is 4. The van der Waals surface area contributed by atoms with Crippen molar-refractivity contribution in [3.8, 4) is 77.3 Å². The van der Waals surface area contributed by atoms with Crippen LogP contribution in [0.1, 0.15) is 31.8 Å². The number of aromatic amines is 1. The fourth-order valence-electron chi connectivity index (χ4n) is 2.05. The molecule has 3 aromatic rings. The summed E-state index contributed by atoms with van der Waals surface area (Å²) in [6.45, 7) is 2.04. The van der Waals surface area contributed by atoms with Crippen LogP contribution in [0.2, 0.25) is 0 Å². The number of terminal acetylenes is 1. The highest BCUT2D eigenvalue weighted by Crippen LogP contribution is 2.09. The molecule has 3 rings (SSSR count). The molecule has 38 heavy (non-hydrogen) atoms. The molecule has 0 saturated carbocycles. The zero-order chi connectivity index (χ0) is 26.9. The summed E-state index contributed by atoms with van der Waals surface area (Å²) in [5.74, 6) is 27.5. The van der Waals surface area contributed by atoms with E-state index < -0.39 is 0 Å². The van der Waals surface area contributed by atoms with E-state index in [1.807, 2.05) is 35.0 Å². The highest BCUT2D eigenvalue weighted by Gasteiger charge is 2.02. The minimum atomic E-state index is -0.178. The van der Waals surface area contributed by atoms with E-state index >= 15 is 0 Å². The molecule has 10 heteroatoms. The van der Waals surface area contributed by atoms with Crippen molar-refractivity contribution in [3.05, 3.63) is 85.3 Å². The zero-order valence-corrected chi connectivity index (χ0v) is 18.8. The van der Waals surface area contributed by atoms with Crippen molar-refractivity contribution in [2.45, 2.75) is 28.4 Å². The molecule has 3 aromatic heterocycles. The topological polar surface area (TPSA) is 154 Å². The molecule has 0 aliphatic heterocycles. The third-order valence-electron chi connectivity index (χ3n) is 3.24. The molecular formula is C28H30N6O4. The monoisotopic (exact) mass is 514 g/mol. The first-order chi connectivity index (χ1) is 17.6. The molecule has 0 atom stereocenters. The number of nitrogens with one attached hydrogen (secondary N) is 2. The van der Waals surface area contributed by atoms with Crippen molar-refractivity contribution in [3.63, 3.8) is 0 Å². The van der Waals surface area contributed by atoms with E-state index in [0.29, 0.717) is 12.4 Å². The molecule has 0 saturated heterocycles. The molecule has 0 bridgehead atoms. The van der Waals surface area contributed by atoms with Crippen molar-refractivity contribution in [2.24, 2.45) is 0 Å².